The minimum Gasteiger partial charge on any atom is -0.548 e. The molecule has 0 saturated heterocycles. The average Bonchev–Trinajstić information content (AvgIpc) is 2.98. The zero-order valence-corrected chi connectivity index (χ0v) is 15.6. The summed E-state index contributed by atoms with van der Waals surface area (Å²) in [5, 5.41) is 14.3. The molecule has 7 heteroatoms. The molecule has 0 unspecified atom stereocenters. The Labute approximate surface area is 155 Å². The van der Waals surface area contributed by atoms with E-state index in [1.165, 1.54) is 0 Å². The molecule has 1 amide bonds. The Morgan fingerprint density at radius 2 is 1.85 bits per heavy atom. The van der Waals surface area contributed by atoms with Gasteiger partial charge in [-0.25, -0.2) is 4.79 Å². The second-order valence-corrected chi connectivity index (χ2v) is 7.56. The van der Waals surface area contributed by atoms with Crippen molar-refractivity contribution < 1.29 is 23.5 Å². The Bertz CT molecular complexity index is 1110. The molecule has 0 aliphatic rings. The van der Waals surface area contributed by atoms with Crippen molar-refractivity contribution in [1.29, 1.82) is 0 Å². The molecule has 3 aromatic rings. The number of fused-ring (bicyclic) bond motifs is 2. The number of nitrogens with one attached hydrogen (secondary N) is 1. The molecule has 0 radical (unpaired) electrons. The molecular weight excluding hydrogens is 350 g/mol. The molecule has 142 valence electrons. The summed E-state index contributed by atoms with van der Waals surface area (Å²) in [6.07, 6.45) is 1.43. The van der Waals surface area contributed by atoms with E-state index in [4.69, 9.17) is 8.83 Å². The van der Waals surface area contributed by atoms with Crippen molar-refractivity contribution in [1.82, 2.24) is 5.32 Å². The van der Waals surface area contributed by atoms with E-state index in [1.807, 2.05) is 6.07 Å². The molecule has 3 rings (SSSR count). The lowest BCUT2D eigenvalue weighted by atomic mass is 9.86. The zero-order chi connectivity index (χ0) is 19.9. The highest BCUT2D eigenvalue weighted by atomic mass is 16.4. The van der Waals surface area contributed by atoms with Gasteiger partial charge < -0.3 is 24.1 Å². The number of amides is 1. The molecule has 0 atom stereocenters. The number of hydrogen-bond acceptors (Lipinski definition) is 6. The molecule has 1 aromatic carbocycles. The van der Waals surface area contributed by atoms with Crippen LogP contribution in [0.4, 0.5) is 0 Å². The first kappa shape index (κ1) is 18.7. The van der Waals surface area contributed by atoms with Crippen LogP contribution in [0.3, 0.4) is 0 Å². The Hall–Kier alpha value is -3.09. The maximum atomic E-state index is 12.3. The Kier molecular flexibility index (Phi) is 4.55. The van der Waals surface area contributed by atoms with E-state index in [-0.39, 0.29) is 17.4 Å². The van der Waals surface area contributed by atoms with Crippen LogP contribution >= 0.6 is 0 Å². The Balaban J connectivity index is 2.11. The maximum absolute atomic E-state index is 12.3. The number of aliphatic carboxylic acids is 1. The van der Waals surface area contributed by atoms with Crippen LogP contribution < -0.4 is 16.0 Å². The number of carbonyl (C=O) groups excluding carboxylic acids is 2. The molecule has 0 spiro atoms. The van der Waals surface area contributed by atoms with Gasteiger partial charge >= 0.3 is 5.63 Å². The number of carbonyl (C=O) groups is 2. The number of furan rings is 1. The van der Waals surface area contributed by atoms with Crippen LogP contribution in [-0.4, -0.2) is 18.4 Å². The first-order valence-electron chi connectivity index (χ1n) is 8.52. The predicted octanol–water partition coefficient (Wildman–Crippen LogP) is 1.55. The number of rotatable bonds is 4. The van der Waals surface area contributed by atoms with Gasteiger partial charge in [0.25, 0.3) is 0 Å². The number of aryl methyl sites for hydroxylation is 1. The standard InChI is InChI=1S/C20H21NO6/c1-10-11-5-13-14(20(2,3)4)9-26-15(13)7-16(11)27-19(25)12(10)6-17(22)21-8-18(23)24/h5,7,9H,6,8H2,1-4H3,(H,21,22)(H,23,24)/p-1. The molecular formula is C20H20NO6-. The zero-order valence-electron chi connectivity index (χ0n) is 15.6. The van der Waals surface area contributed by atoms with Crippen LogP contribution in [0, 0.1) is 6.92 Å². The van der Waals surface area contributed by atoms with Crippen molar-refractivity contribution in [2.24, 2.45) is 0 Å². The minimum atomic E-state index is -1.40. The maximum Gasteiger partial charge on any atom is 0.340 e. The number of carboxylic acids is 1. The molecule has 7 nitrogen and oxygen atoms in total. The van der Waals surface area contributed by atoms with Crippen LogP contribution in [0.1, 0.15) is 37.5 Å². The summed E-state index contributed by atoms with van der Waals surface area (Å²) < 4.78 is 11.0. The van der Waals surface area contributed by atoms with Crippen LogP contribution in [0.5, 0.6) is 0 Å². The fraction of sp³-hybridized carbons (Fsp3) is 0.350. The largest absolute Gasteiger partial charge is 0.548 e. The van der Waals surface area contributed by atoms with E-state index >= 15 is 0 Å². The highest BCUT2D eigenvalue weighted by molar-refractivity contribution is 5.97. The average molecular weight is 370 g/mol. The van der Waals surface area contributed by atoms with Gasteiger partial charge in [0.2, 0.25) is 5.91 Å². The number of hydrogen-bond donors (Lipinski definition) is 1. The summed E-state index contributed by atoms with van der Waals surface area (Å²) in [4.78, 5) is 34.7. The lowest BCUT2D eigenvalue weighted by Crippen LogP contribution is -2.38. The van der Waals surface area contributed by atoms with Crippen LogP contribution in [0.15, 0.2) is 32.0 Å². The van der Waals surface area contributed by atoms with Crippen molar-refractivity contribution >= 4 is 33.8 Å². The van der Waals surface area contributed by atoms with E-state index in [2.05, 4.69) is 26.1 Å². The first-order chi connectivity index (χ1) is 12.6. The van der Waals surface area contributed by atoms with E-state index in [0.717, 1.165) is 10.9 Å². The van der Waals surface area contributed by atoms with Crippen molar-refractivity contribution in [2.75, 3.05) is 6.54 Å². The molecule has 27 heavy (non-hydrogen) atoms. The fourth-order valence-corrected chi connectivity index (χ4v) is 3.09. The topological polar surface area (TPSA) is 113 Å². The number of benzene rings is 1. The summed E-state index contributed by atoms with van der Waals surface area (Å²) in [6.45, 7) is 7.36. The molecule has 0 fully saturated rings. The Morgan fingerprint density at radius 1 is 1.15 bits per heavy atom. The van der Waals surface area contributed by atoms with Gasteiger partial charge in [0.1, 0.15) is 11.2 Å². The monoisotopic (exact) mass is 370 g/mol. The van der Waals surface area contributed by atoms with Gasteiger partial charge in [0.15, 0.2) is 0 Å². The Morgan fingerprint density at radius 3 is 2.48 bits per heavy atom. The minimum absolute atomic E-state index is 0.129. The smallest absolute Gasteiger partial charge is 0.340 e. The van der Waals surface area contributed by atoms with Gasteiger partial charge in [-0.15, -0.1) is 0 Å². The van der Waals surface area contributed by atoms with Gasteiger partial charge in [-0.2, -0.15) is 0 Å². The van der Waals surface area contributed by atoms with Gasteiger partial charge in [-0.1, -0.05) is 20.8 Å². The quantitative estimate of drug-likeness (QED) is 0.697. The third-order valence-corrected chi connectivity index (χ3v) is 4.56. The summed E-state index contributed by atoms with van der Waals surface area (Å²) in [5.41, 5.74) is 2.07. The van der Waals surface area contributed by atoms with Gasteiger partial charge in [-0.3, -0.25) is 4.79 Å². The summed E-state index contributed by atoms with van der Waals surface area (Å²) in [5.74, 6) is -1.99. The van der Waals surface area contributed by atoms with Crippen LogP contribution in [0.2, 0.25) is 0 Å². The van der Waals surface area contributed by atoms with Gasteiger partial charge in [-0.05, 0) is 24.0 Å². The molecule has 0 bridgehead atoms. The molecule has 0 saturated carbocycles. The van der Waals surface area contributed by atoms with E-state index in [1.54, 1.807) is 19.3 Å². The predicted molar refractivity (Wildman–Crippen MR) is 97.4 cm³/mol. The van der Waals surface area contributed by atoms with Crippen molar-refractivity contribution in [3.05, 3.63) is 45.5 Å². The molecule has 2 heterocycles. The van der Waals surface area contributed by atoms with E-state index in [9.17, 15) is 19.5 Å². The molecule has 0 aliphatic carbocycles. The highest BCUT2D eigenvalue weighted by Gasteiger charge is 2.22. The lowest BCUT2D eigenvalue weighted by Gasteiger charge is -2.16. The third-order valence-electron chi connectivity index (χ3n) is 4.56. The number of carboxylic acid groups (broad SMARTS) is 1. The fourth-order valence-electron chi connectivity index (χ4n) is 3.09. The van der Waals surface area contributed by atoms with Crippen LogP contribution in [-0.2, 0) is 21.4 Å². The lowest BCUT2D eigenvalue weighted by molar-refractivity contribution is -0.304. The van der Waals surface area contributed by atoms with Crippen LogP contribution in [0.25, 0.3) is 21.9 Å². The van der Waals surface area contributed by atoms with Crippen molar-refractivity contribution in [3.8, 4) is 0 Å². The summed E-state index contributed by atoms with van der Waals surface area (Å²) in [6, 6.07) is 3.57. The van der Waals surface area contributed by atoms with E-state index < -0.39 is 24.0 Å². The SMILES string of the molecule is Cc1c(CC(=O)NCC(=O)[O-])c(=O)oc2cc3occ(C(C)(C)C)c3cc12. The highest BCUT2D eigenvalue weighted by Crippen LogP contribution is 2.35. The third kappa shape index (κ3) is 3.58. The molecule has 1 N–H and O–H groups in total. The van der Waals surface area contributed by atoms with Gasteiger partial charge in [0.05, 0.1) is 30.8 Å². The van der Waals surface area contributed by atoms with Gasteiger partial charge in [0, 0.05) is 22.4 Å². The first-order valence-corrected chi connectivity index (χ1v) is 8.52. The second kappa shape index (κ2) is 6.57. The van der Waals surface area contributed by atoms with Crippen molar-refractivity contribution in [2.45, 2.75) is 39.5 Å². The van der Waals surface area contributed by atoms with E-state index in [0.29, 0.717) is 22.1 Å². The normalized spacial score (nSPS) is 11.9. The summed E-state index contributed by atoms with van der Waals surface area (Å²) in [7, 11) is 0. The molecule has 2 aromatic heterocycles. The molecule has 0 aliphatic heterocycles. The summed E-state index contributed by atoms with van der Waals surface area (Å²) >= 11 is 0. The second-order valence-electron chi connectivity index (χ2n) is 7.56. The van der Waals surface area contributed by atoms with Crippen molar-refractivity contribution in [3.63, 3.8) is 0 Å².